The van der Waals surface area contributed by atoms with E-state index < -0.39 is 33.6 Å². The highest BCUT2D eigenvalue weighted by atomic mass is 32.2. The number of benzene rings is 2. The Kier molecular flexibility index (Phi) is 4.75. The fourth-order valence-electron chi connectivity index (χ4n) is 2.30. The first-order valence-electron chi connectivity index (χ1n) is 7.50. The van der Waals surface area contributed by atoms with Gasteiger partial charge in [0.15, 0.2) is 0 Å². The predicted octanol–water partition coefficient (Wildman–Crippen LogP) is 2.61. The Morgan fingerprint density at radius 3 is 2.30 bits per heavy atom. The summed E-state index contributed by atoms with van der Waals surface area (Å²) in [6, 6.07) is 7.38. The minimum atomic E-state index is -4.23. The molecule has 2 aromatic rings. The molecule has 140 valence electrons. The third kappa shape index (κ3) is 3.85. The van der Waals surface area contributed by atoms with Gasteiger partial charge >= 0.3 is 10.2 Å². The van der Waals surface area contributed by atoms with Crippen LogP contribution in [0.25, 0.3) is 0 Å². The first-order chi connectivity index (χ1) is 12.7. The second-order valence-electron chi connectivity index (χ2n) is 5.54. The molecular weight excluding hydrogens is 383 g/mol. The molecule has 0 fully saturated rings. The lowest BCUT2D eigenvalue weighted by molar-refractivity contribution is -0.113. The van der Waals surface area contributed by atoms with E-state index in [1.54, 1.807) is 0 Å². The summed E-state index contributed by atoms with van der Waals surface area (Å²) in [7, 11) is -3.12. The van der Waals surface area contributed by atoms with Crippen molar-refractivity contribution in [3.8, 4) is 0 Å². The van der Waals surface area contributed by atoms with Crippen molar-refractivity contribution < 1.29 is 26.4 Å². The van der Waals surface area contributed by atoms with Crippen molar-refractivity contribution in [1.29, 1.82) is 0 Å². The van der Waals surface area contributed by atoms with Gasteiger partial charge in [0.05, 0.1) is 11.4 Å². The highest BCUT2D eigenvalue weighted by Crippen LogP contribution is 2.22. The van der Waals surface area contributed by atoms with Crippen LogP contribution in [0.15, 0.2) is 58.6 Å². The number of hydrogen-bond donors (Lipinski definition) is 1. The van der Waals surface area contributed by atoms with E-state index >= 15 is 0 Å². The molecule has 0 aromatic heterocycles. The Balaban J connectivity index is 1.98. The van der Waals surface area contributed by atoms with Gasteiger partial charge in [-0.3, -0.25) is 4.79 Å². The van der Waals surface area contributed by atoms with Crippen LogP contribution in [-0.2, 0) is 15.0 Å². The topological polar surface area (TPSA) is 78.8 Å². The van der Waals surface area contributed by atoms with Crippen molar-refractivity contribution in [3.63, 3.8) is 0 Å². The van der Waals surface area contributed by atoms with Crippen LogP contribution in [0.4, 0.5) is 18.9 Å². The van der Waals surface area contributed by atoms with E-state index in [1.165, 1.54) is 18.2 Å². The highest BCUT2D eigenvalue weighted by molar-refractivity contribution is 7.88. The molecule has 1 heterocycles. The zero-order valence-electron chi connectivity index (χ0n) is 13.8. The maximum atomic E-state index is 13.7. The molecular formula is C17H12F3N3O3S. The molecule has 0 unspecified atom stereocenters. The predicted molar refractivity (Wildman–Crippen MR) is 92.7 cm³/mol. The molecule has 10 heteroatoms. The third-order valence-corrected chi connectivity index (χ3v) is 5.04. The van der Waals surface area contributed by atoms with Crippen molar-refractivity contribution in [1.82, 2.24) is 4.31 Å². The van der Waals surface area contributed by atoms with E-state index in [0.717, 1.165) is 31.3 Å². The molecule has 1 amide bonds. The molecule has 1 aliphatic heterocycles. The summed E-state index contributed by atoms with van der Waals surface area (Å²) in [5, 5.41) is 2.19. The number of nitrogens with one attached hydrogen (secondary N) is 1. The summed E-state index contributed by atoms with van der Waals surface area (Å²) in [5.41, 5.74) is -0.476. The normalized spacial score (nSPS) is 15.8. The molecule has 0 saturated heterocycles. The molecule has 1 aliphatic rings. The van der Waals surface area contributed by atoms with E-state index in [2.05, 4.69) is 9.71 Å². The summed E-state index contributed by atoms with van der Waals surface area (Å²) in [6.07, 6.45) is 1.17. The first-order valence-corrected chi connectivity index (χ1v) is 8.90. The van der Waals surface area contributed by atoms with Crippen LogP contribution >= 0.6 is 0 Å². The average Bonchev–Trinajstić information content (AvgIpc) is 2.60. The van der Waals surface area contributed by atoms with Crippen molar-refractivity contribution in [2.45, 2.75) is 0 Å². The second kappa shape index (κ2) is 6.88. The van der Waals surface area contributed by atoms with Crippen LogP contribution < -0.4 is 5.32 Å². The smallest absolute Gasteiger partial charge is 0.318 e. The molecule has 6 nitrogen and oxygen atoms in total. The fourth-order valence-corrected chi connectivity index (χ4v) is 3.21. The van der Waals surface area contributed by atoms with Crippen molar-refractivity contribution in [2.24, 2.45) is 4.40 Å². The Morgan fingerprint density at radius 2 is 1.67 bits per heavy atom. The monoisotopic (exact) mass is 395 g/mol. The Hall–Kier alpha value is -3.14. The Labute approximate surface area is 152 Å². The third-order valence-electron chi connectivity index (χ3n) is 3.72. The maximum absolute atomic E-state index is 13.7. The molecule has 3 rings (SSSR count). The van der Waals surface area contributed by atoms with Crippen LogP contribution in [-0.4, -0.2) is 31.4 Å². The largest absolute Gasteiger partial charge is 0.345 e. The number of carbonyl (C=O) groups excluding carboxylic acids is 1. The van der Waals surface area contributed by atoms with Crippen molar-refractivity contribution in [2.75, 3.05) is 12.4 Å². The molecule has 0 aliphatic carbocycles. The summed E-state index contributed by atoms with van der Waals surface area (Å²) < 4.78 is 68.5. The number of hydrogen-bond acceptors (Lipinski definition) is 3. The van der Waals surface area contributed by atoms with E-state index in [-0.39, 0.29) is 22.7 Å². The van der Waals surface area contributed by atoms with Crippen LogP contribution in [0.5, 0.6) is 0 Å². The summed E-state index contributed by atoms with van der Waals surface area (Å²) in [6.45, 7) is 0. The lowest BCUT2D eigenvalue weighted by atomic mass is 10.1. The van der Waals surface area contributed by atoms with Gasteiger partial charge in [0, 0.05) is 18.7 Å². The van der Waals surface area contributed by atoms with E-state index in [4.69, 9.17) is 0 Å². The number of rotatable bonds is 3. The zero-order chi connectivity index (χ0) is 19.8. The molecule has 27 heavy (non-hydrogen) atoms. The SMILES string of the molecule is CN1C(C(=O)Nc2ccc(F)cc2F)=CC(c2ccc(F)cc2)=NS1(=O)=O. The molecule has 0 spiro atoms. The minimum absolute atomic E-state index is 0.0853. The number of anilines is 1. The summed E-state index contributed by atoms with van der Waals surface area (Å²) in [4.78, 5) is 12.5. The number of nitrogens with zero attached hydrogens (tertiary/aromatic N) is 2. The van der Waals surface area contributed by atoms with E-state index in [1.807, 2.05) is 0 Å². The van der Waals surface area contributed by atoms with Gasteiger partial charge in [0.2, 0.25) is 0 Å². The Bertz CT molecular complexity index is 1080. The number of likely N-dealkylation sites (N-methyl/N-ethyl adjacent to an activating group) is 1. The molecule has 1 N–H and O–H groups in total. The molecule has 0 radical (unpaired) electrons. The fraction of sp³-hybridized carbons (Fsp3) is 0.0588. The summed E-state index contributed by atoms with van der Waals surface area (Å²) >= 11 is 0. The van der Waals surface area contributed by atoms with Crippen LogP contribution in [0.1, 0.15) is 5.56 Å². The van der Waals surface area contributed by atoms with Crippen LogP contribution in [0.2, 0.25) is 0 Å². The lowest BCUT2D eigenvalue weighted by Gasteiger charge is -2.23. The van der Waals surface area contributed by atoms with Gasteiger partial charge in [-0.1, -0.05) is 0 Å². The average molecular weight is 395 g/mol. The van der Waals surface area contributed by atoms with Gasteiger partial charge in [-0.2, -0.15) is 8.42 Å². The van der Waals surface area contributed by atoms with Gasteiger partial charge in [-0.25, -0.2) is 17.5 Å². The first kappa shape index (κ1) is 18.6. The van der Waals surface area contributed by atoms with Gasteiger partial charge in [0.25, 0.3) is 5.91 Å². The zero-order valence-corrected chi connectivity index (χ0v) is 14.6. The van der Waals surface area contributed by atoms with Gasteiger partial charge in [0.1, 0.15) is 23.1 Å². The lowest BCUT2D eigenvalue weighted by Crippen LogP contribution is -2.35. The van der Waals surface area contributed by atoms with E-state index in [9.17, 15) is 26.4 Å². The molecule has 0 saturated carbocycles. The van der Waals surface area contributed by atoms with Gasteiger partial charge in [-0.15, -0.1) is 4.40 Å². The standard InChI is InChI=1S/C17H12F3N3O3S/c1-23-16(17(24)21-14-7-6-12(19)8-13(14)20)9-15(22-27(23,25)26)10-2-4-11(18)5-3-10/h2-9H,1H3,(H,21,24). The molecule has 0 bridgehead atoms. The number of amides is 1. The minimum Gasteiger partial charge on any atom is -0.318 e. The molecule has 0 atom stereocenters. The van der Waals surface area contributed by atoms with Crippen molar-refractivity contribution in [3.05, 3.63) is 77.3 Å². The van der Waals surface area contributed by atoms with Crippen LogP contribution in [0, 0.1) is 17.5 Å². The maximum Gasteiger partial charge on any atom is 0.345 e. The van der Waals surface area contributed by atoms with Gasteiger partial charge < -0.3 is 5.32 Å². The van der Waals surface area contributed by atoms with Gasteiger partial charge in [-0.05, 0) is 42.5 Å². The van der Waals surface area contributed by atoms with E-state index in [0.29, 0.717) is 10.4 Å². The second-order valence-corrected chi connectivity index (χ2v) is 7.16. The van der Waals surface area contributed by atoms with Crippen molar-refractivity contribution >= 4 is 27.5 Å². The number of carbonyl (C=O) groups is 1. The Morgan fingerprint density at radius 1 is 1.04 bits per heavy atom. The molecule has 2 aromatic carbocycles. The van der Waals surface area contributed by atoms with Crippen LogP contribution in [0.3, 0.4) is 0 Å². The summed E-state index contributed by atoms with van der Waals surface area (Å²) in [5.74, 6) is -3.31. The highest BCUT2D eigenvalue weighted by Gasteiger charge is 2.30. The number of halogens is 3. The quantitative estimate of drug-likeness (QED) is 0.868. The number of allylic oxidation sites excluding steroid dienone is 1.